The van der Waals surface area contributed by atoms with Crippen molar-refractivity contribution in [1.29, 1.82) is 0 Å². The first-order chi connectivity index (χ1) is 17.4. The molecule has 0 N–H and O–H groups in total. The number of nitrogens with zero attached hydrogens (tertiary/aromatic N) is 4. The lowest BCUT2D eigenvalue weighted by Gasteiger charge is -2.32. The number of benzene rings is 1. The third-order valence-corrected chi connectivity index (χ3v) is 5.80. The van der Waals surface area contributed by atoms with E-state index >= 15 is 0 Å². The van der Waals surface area contributed by atoms with Crippen molar-refractivity contribution in [2.45, 2.75) is 13.8 Å². The van der Waals surface area contributed by atoms with Crippen LogP contribution < -0.4 is 0 Å². The number of carbonyl (C=O) groups is 2. The summed E-state index contributed by atoms with van der Waals surface area (Å²) < 4.78 is 23.4. The molecule has 0 bridgehead atoms. The van der Waals surface area contributed by atoms with Crippen LogP contribution in [-0.4, -0.2) is 110 Å². The third-order valence-electron chi connectivity index (χ3n) is 5.57. The van der Waals surface area contributed by atoms with Gasteiger partial charge in [-0.3, -0.25) is 9.80 Å². The molecule has 0 unspecified atom stereocenters. The zero-order valence-corrected chi connectivity index (χ0v) is 21.7. The molecule has 2 amide bonds. The number of ether oxygens (including phenoxy) is 2. The van der Waals surface area contributed by atoms with Crippen molar-refractivity contribution in [3.8, 4) is 24.2 Å². The fourth-order valence-electron chi connectivity index (χ4n) is 3.58. The number of hydrogen-bond acceptors (Lipinski definition) is 6. The summed E-state index contributed by atoms with van der Waals surface area (Å²) in [5, 5.41) is 0.466. The molecule has 2 fully saturated rings. The minimum Gasteiger partial charge on any atom is -0.450 e. The highest BCUT2D eigenvalue weighted by Crippen LogP contribution is 2.13. The van der Waals surface area contributed by atoms with E-state index < -0.39 is 0 Å². The summed E-state index contributed by atoms with van der Waals surface area (Å²) in [5.74, 6) is 7.98. The fraction of sp³-hybridized carbons (Fsp3) is 0.538. The van der Waals surface area contributed by atoms with Crippen molar-refractivity contribution >= 4 is 23.8 Å². The van der Waals surface area contributed by atoms with Crippen molar-refractivity contribution in [3.05, 3.63) is 34.6 Å². The van der Waals surface area contributed by atoms with Gasteiger partial charge in [0.1, 0.15) is 5.82 Å². The Morgan fingerprint density at radius 2 is 1.42 bits per heavy atom. The first-order valence-corrected chi connectivity index (χ1v) is 12.4. The number of amides is 2. The van der Waals surface area contributed by atoms with E-state index in [2.05, 4.69) is 27.6 Å². The largest absolute Gasteiger partial charge is 0.450 e. The van der Waals surface area contributed by atoms with Crippen LogP contribution in [0.1, 0.15) is 19.4 Å². The first kappa shape index (κ1) is 29.3. The van der Waals surface area contributed by atoms with Crippen molar-refractivity contribution in [3.63, 3.8) is 0 Å². The van der Waals surface area contributed by atoms with E-state index in [1.54, 1.807) is 16.7 Å². The van der Waals surface area contributed by atoms with Gasteiger partial charge in [-0.1, -0.05) is 29.4 Å². The van der Waals surface area contributed by atoms with Crippen molar-refractivity contribution in [2.75, 3.05) is 78.7 Å². The quantitative estimate of drug-likeness (QED) is 0.569. The SMILES string of the molecule is C#CCN1CCN(C(=O)OCC)CC1.CCOC(=O)N1CCN(CC#Cc2cc(Cl)ccc2F)CC1. The lowest BCUT2D eigenvalue weighted by molar-refractivity contribution is 0.0823. The highest BCUT2D eigenvalue weighted by molar-refractivity contribution is 6.30. The second-order valence-electron chi connectivity index (χ2n) is 8.05. The summed E-state index contributed by atoms with van der Waals surface area (Å²) in [6.45, 7) is 11.4. The van der Waals surface area contributed by atoms with Gasteiger partial charge in [-0.25, -0.2) is 14.0 Å². The Hall–Kier alpha value is -2.98. The van der Waals surface area contributed by atoms with Gasteiger partial charge in [-0.05, 0) is 32.0 Å². The topological polar surface area (TPSA) is 65.6 Å². The van der Waals surface area contributed by atoms with Gasteiger partial charge in [0.2, 0.25) is 0 Å². The van der Waals surface area contributed by atoms with Crippen LogP contribution in [0.4, 0.5) is 14.0 Å². The van der Waals surface area contributed by atoms with Crippen LogP contribution >= 0.6 is 11.6 Å². The van der Waals surface area contributed by atoms with Crippen LogP contribution in [0.5, 0.6) is 0 Å². The average Bonchev–Trinajstić information content (AvgIpc) is 2.88. The molecule has 2 heterocycles. The Labute approximate surface area is 218 Å². The fourth-order valence-corrected chi connectivity index (χ4v) is 3.75. The first-order valence-electron chi connectivity index (χ1n) is 12.0. The molecule has 196 valence electrons. The third kappa shape index (κ3) is 9.94. The van der Waals surface area contributed by atoms with Gasteiger partial charge in [0.15, 0.2) is 0 Å². The molecule has 2 saturated heterocycles. The normalized spacial score (nSPS) is 16.1. The molecule has 8 nitrogen and oxygen atoms in total. The van der Waals surface area contributed by atoms with E-state index in [0.717, 1.165) is 26.2 Å². The maximum absolute atomic E-state index is 13.5. The summed E-state index contributed by atoms with van der Waals surface area (Å²) in [5.41, 5.74) is 0.303. The summed E-state index contributed by atoms with van der Waals surface area (Å²) in [7, 11) is 0. The molecule has 0 spiro atoms. The smallest absolute Gasteiger partial charge is 0.409 e. The van der Waals surface area contributed by atoms with Crippen LogP contribution in [0.3, 0.4) is 0 Å². The Bertz CT molecular complexity index is 959. The van der Waals surface area contributed by atoms with Crippen LogP contribution in [0.15, 0.2) is 18.2 Å². The molecule has 2 aliphatic heterocycles. The highest BCUT2D eigenvalue weighted by atomic mass is 35.5. The van der Waals surface area contributed by atoms with E-state index in [4.69, 9.17) is 27.5 Å². The second-order valence-corrected chi connectivity index (χ2v) is 8.49. The predicted octanol–water partition coefficient (Wildman–Crippen LogP) is 3.00. The molecule has 0 radical (unpaired) electrons. The predicted molar refractivity (Wildman–Crippen MR) is 137 cm³/mol. The van der Waals surface area contributed by atoms with E-state index in [0.29, 0.717) is 63.1 Å². The van der Waals surface area contributed by atoms with Crippen LogP contribution in [-0.2, 0) is 9.47 Å². The van der Waals surface area contributed by atoms with Crippen LogP contribution in [0.2, 0.25) is 5.02 Å². The molecule has 36 heavy (non-hydrogen) atoms. The Balaban J connectivity index is 0.000000281. The van der Waals surface area contributed by atoms with Gasteiger partial charge >= 0.3 is 12.2 Å². The number of hydrogen-bond donors (Lipinski definition) is 0. The number of carbonyl (C=O) groups excluding carboxylic acids is 2. The number of piperazine rings is 2. The lowest BCUT2D eigenvalue weighted by Crippen LogP contribution is -2.48. The van der Waals surface area contributed by atoms with E-state index in [1.165, 1.54) is 18.2 Å². The molecular formula is C26H34ClFN4O4. The average molecular weight is 521 g/mol. The van der Waals surface area contributed by atoms with Gasteiger partial charge in [0, 0.05) is 57.4 Å². The standard InChI is InChI=1S/C16H18ClFN2O2.C10H16N2O2/c1-2-22-16(21)20-10-8-19(9-11-20)7-3-4-13-12-14(17)5-6-15(13)18;1-3-5-11-6-8-12(9-7-11)10(13)14-4-2/h5-6,12H,2,7-11H2,1H3;1H,4-9H2,2H3. The Morgan fingerprint density at radius 1 is 0.917 bits per heavy atom. The molecule has 3 rings (SSSR count). The monoisotopic (exact) mass is 520 g/mol. The molecule has 0 aromatic heterocycles. The summed E-state index contributed by atoms with van der Waals surface area (Å²) >= 11 is 5.82. The van der Waals surface area contributed by atoms with E-state index in [1.807, 2.05) is 6.92 Å². The zero-order valence-electron chi connectivity index (χ0n) is 21.0. The molecule has 2 aliphatic rings. The zero-order chi connectivity index (χ0) is 26.3. The van der Waals surface area contributed by atoms with Crippen molar-refractivity contribution < 1.29 is 23.5 Å². The molecule has 0 saturated carbocycles. The van der Waals surface area contributed by atoms with Gasteiger partial charge in [-0.2, -0.15) is 0 Å². The molecule has 10 heteroatoms. The van der Waals surface area contributed by atoms with Crippen molar-refractivity contribution in [2.24, 2.45) is 0 Å². The maximum Gasteiger partial charge on any atom is 0.409 e. The van der Waals surface area contributed by atoms with Crippen LogP contribution in [0.25, 0.3) is 0 Å². The van der Waals surface area contributed by atoms with Gasteiger partial charge in [0.25, 0.3) is 0 Å². The molecule has 0 aliphatic carbocycles. The van der Waals surface area contributed by atoms with Crippen LogP contribution in [0, 0.1) is 30.0 Å². The molecule has 0 atom stereocenters. The van der Waals surface area contributed by atoms with E-state index in [-0.39, 0.29) is 18.0 Å². The van der Waals surface area contributed by atoms with E-state index in [9.17, 15) is 14.0 Å². The second kappa shape index (κ2) is 15.9. The molecular weight excluding hydrogens is 487 g/mol. The highest BCUT2D eigenvalue weighted by Gasteiger charge is 2.22. The lowest BCUT2D eigenvalue weighted by atomic mass is 10.2. The number of terminal acetylenes is 1. The Kier molecular flexibility index (Phi) is 12.9. The molecule has 1 aromatic carbocycles. The minimum atomic E-state index is -0.371. The number of halogens is 2. The Morgan fingerprint density at radius 3 is 1.89 bits per heavy atom. The van der Waals surface area contributed by atoms with Crippen molar-refractivity contribution in [1.82, 2.24) is 19.6 Å². The summed E-state index contributed by atoms with van der Waals surface area (Å²) in [6, 6.07) is 4.32. The van der Waals surface area contributed by atoms with Gasteiger partial charge in [-0.15, -0.1) is 6.42 Å². The number of rotatable bonds is 4. The van der Waals surface area contributed by atoms with Gasteiger partial charge < -0.3 is 19.3 Å². The maximum atomic E-state index is 13.5. The molecule has 1 aromatic rings. The summed E-state index contributed by atoms with van der Waals surface area (Å²) in [4.78, 5) is 30.6. The summed E-state index contributed by atoms with van der Waals surface area (Å²) in [6.07, 6.45) is 4.72. The minimum absolute atomic E-state index is 0.215. The van der Waals surface area contributed by atoms with Gasteiger partial charge in [0.05, 0.1) is 31.9 Å².